The van der Waals surface area contributed by atoms with Crippen LogP contribution in [0.4, 0.5) is 32.0 Å². The molecule has 0 aromatic heterocycles. The Morgan fingerprint density at radius 2 is 1.34 bits per heavy atom. The van der Waals surface area contributed by atoms with Gasteiger partial charge in [0.15, 0.2) is 0 Å². The van der Waals surface area contributed by atoms with Gasteiger partial charge in [-0.25, -0.2) is 0 Å². The number of halogens is 6. The van der Waals surface area contributed by atoms with Crippen LogP contribution in [0.15, 0.2) is 48.5 Å². The standard InChI is InChI=1S/C28H28F6N4O3/c29-27(30,31)20-14-19(15-21(16-20)28(32,33)34)24(40)36-12-8-26(9-13-36)25(41)37(17-23(39)35-10-4-5-11-35)18-38(26)22-6-2-1-3-7-22/h1-3,6-7,14-16H,4-5,8-13,17-18H2. The van der Waals surface area contributed by atoms with Gasteiger partial charge in [-0.2, -0.15) is 26.3 Å². The molecule has 2 aromatic carbocycles. The van der Waals surface area contributed by atoms with Crippen LogP contribution in [0.25, 0.3) is 0 Å². The summed E-state index contributed by atoms with van der Waals surface area (Å²) in [7, 11) is 0. The van der Waals surface area contributed by atoms with Crippen molar-refractivity contribution in [2.24, 2.45) is 0 Å². The number of nitrogens with zero attached hydrogens (tertiary/aromatic N) is 4. The molecule has 5 rings (SSSR count). The fraction of sp³-hybridized carbons (Fsp3) is 0.464. The van der Waals surface area contributed by atoms with Gasteiger partial charge in [0, 0.05) is 37.4 Å². The highest BCUT2D eigenvalue weighted by molar-refractivity contribution is 5.98. The molecule has 0 unspecified atom stereocenters. The van der Waals surface area contributed by atoms with Gasteiger partial charge in [-0.1, -0.05) is 18.2 Å². The smallest absolute Gasteiger partial charge is 0.341 e. The molecule has 0 radical (unpaired) electrons. The summed E-state index contributed by atoms with van der Waals surface area (Å²) in [5.41, 5.74) is -4.25. The quantitative estimate of drug-likeness (QED) is 0.494. The van der Waals surface area contributed by atoms with Crippen molar-refractivity contribution in [1.29, 1.82) is 0 Å². The van der Waals surface area contributed by atoms with E-state index < -0.39 is 40.5 Å². The Morgan fingerprint density at radius 3 is 1.88 bits per heavy atom. The van der Waals surface area contributed by atoms with Crippen LogP contribution in [0.3, 0.4) is 0 Å². The number of likely N-dealkylation sites (tertiary alicyclic amines) is 2. The molecule has 3 aliphatic rings. The number of benzene rings is 2. The summed E-state index contributed by atoms with van der Waals surface area (Å²) in [6.45, 7) is 1.17. The molecule has 3 fully saturated rings. The first-order valence-electron chi connectivity index (χ1n) is 13.3. The summed E-state index contributed by atoms with van der Waals surface area (Å²) < 4.78 is 80.1. The van der Waals surface area contributed by atoms with Gasteiger partial charge in [-0.05, 0) is 56.0 Å². The normalized spacial score (nSPS) is 19.4. The highest BCUT2D eigenvalue weighted by atomic mass is 19.4. The number of anilines is 1. The first-order chi connectivity index (χ1) is 19.3. The topological polar surface area (TPSA) is 64.2 Å². The molecule has 3 heterocycles. The van der Waals surface area contributed by atoms with Gasteiger partial charge >= 0.3 is 12.4 Å². The van der Waals surface area contributed by atoms with Crippen molar-refractivity contribution in [3.8, 4) is 0 Å². The Labute approximate surface area is 232 Å². The zero-order valence-corrected chi connectivity index (χ0v) is 22.0. The summed E-state index contributed by atoms with van der Waals surface area (Å²) in [5, 5.41) is 0. The molecule has 0 aliphatic carbocycles. The van der Waals surface area contributed by atoms with E-state index in [9.17, 15) is 40.7 Å². The molecule has 220 valence electrons. The molecular weight excluding hydrogens is 554 g/mol. The van der Waals surface area contributed by atoms with Gasteiger partial charge < -0.3 is 19.6 Å². The predicted octanol–water partition coefficient (Wildman–Crippen LogP) is 4.63. The van der Waals surface area contributed by atoms with E-state index in [0.29, 0.717) is 25.2 Å². The summed E-state index contributed by atoms with van der Waals surface area (Å²) in [5.74, 6) is -1.42. The van der Waals surface area contributed by atoms with Crippen LogP contribution in [0.5, 0.6) is 0 Å². The molecule has 0 bridgehead atoms. The second-order valence-corrected chi connectivity index (χ2v) is 10.6. The maximum atomic E-state index is 13.8. The second kappa shape index (κ2) is 10.6. The third-order valence-corrected chi connectivity index (χ3v) is 8.08. The van der Waals surface area contributed by atoms with Crippen molar-refractivity contribution in [2.45, 2.75) is 43.6 Å². The van der Waals surface area contributed by atoms with Crippen LogP contribution in [0, 0.1) is 0 Å². The van der Waals surface area contributed by atoms with Crippen LogP contribution >= 0.6 is 0 Å². The lowest BCUT2D eigenvalue weighted by molar-refractivity contribution is -0.143. The summed E-state index contributed by atoms with van der Waals surface area (Å²) >= 11 is 0. The van der Waals surface area contributed by atoms with Crippen molar-refractivity contribution < 1.29 is 40.7 Å². The largest absolute Gasteiger partial charge is 0.416 e. The summed E-state index contributed by atoms with van der Waals surface area (Å²) in [6.07, 6.45) is -8.17. The maximum Gasteiger partial charge on any atom is 0.416 e. The molecule has 1 spiro atoms. The number of piperidine rings is 1. The van der Waals surface area contributed by atoms with Crippen molar-refractivity contribution in [3.63, 3.8) is 0 Å². The summed E-state index contributed by atoms with van der Waals surface area (Å²) in [4.78, 5) is 46.1. The van der Waals surface area contributed by atoms with Crippen molar-refractivity contribution in [1.82, 2.24) is 14.7 Å². The van der Waals surface area contributed by atoms with Gasteiger partial charge in [-0.15, -0.1) is 0 Å². The fourth-order valence-corrected chi connectivity index (χ4v) is 5.89. The van der Waals surface area contributed by atoms with E-state index in [1.807, 2.05) is 23.1 Å². The molecule has 2 aromatic rings. The lowest BCUT2D eigenvalue weighted by Crippen LogP contribution is -2.57. The van der Waals surface area contributed by atoms with Gasteiger partial charge in [0.05, 0.1) is 17.8 Å². The SMILES string of the molecule is O=C(CN1CN(c2ccccc2)C2(CCN(C(=O)c3cc(C(F)(F)F)cc(C(F)(F)F)c3)CC2)C1=O)N1CCCC1. The van der Waals surface area contributed by atoms with Crippen LogP contribution in [0.2, 0.25) is 0 Å². The first kappa shape index (κ1) is 28.7. The Hall–Kier alpha value is -3.77. The van der Waals surface area contributed by atoms with Crippen molar-refractivity contribution in [2.75, 3.05) is 44.3 Å². The molecular formula is C28H28F6N4O3. The van der Waals surface area contributed by atoms with Crippen LogP contribution in [-0.4, -0.2) is 77.4 Å². The number of para-hydroxylation sites is 1. The van der Waals surface area contributed by atoms with Gasteiger partial charge in [0.25, 0.3) is 11.8 Å². The number of hydrogen-bond donors (Lipinski definition) is 0. The zero-order chi connectivity index (χ0) is 29.6. The molecule has 0 atom stereocenters. The second-order valence-electron chi connectivity index (χ2n) is 10.6. The number of carbonyl (C=O) groups is 3. The van der Waals surface area contributed by atoms with Crippen molar-refractivity contribution >= 4 is 23.4 Å². The molecule has 7 nitrogen and oxygen atoms in total. The Bertz CT molecular complexity index is 1280. The zero-order valence-electron chi connectivity index (χ0n) is 22.0. The van der Waals surface area contributed by atoms with Crippen molar-refractivity contribution in [3.05, 3.63) is 65.2 Å². The Balaban J connectivity index is 1.38. The lowest BCUT2D eigenvalue weighted by atomic mass is 9.85. The van der Waals surface area contributed by atoms with E-state index in [2.05, 4.69) is 0 Å². The maximum absolute atomic E-state index is 13.8. The number of rotatable bonds is 4. The van der Waals surface area contributed by atoms with Crippen LogP contribution in [-0.2, 0) is 21.9 Å². The fourth-order valence-electron chi connectivity index (χ4n) is 5.89. The molecule has 3 aliphatic heterocycles. The van der Waals surface area contributed by atoms with Gasteiger partial charge in [0.1, 0.15) is 12.1 Å². The minimum atomic E-state index is -5.08. The molecule has 13 heteroatoms. The third-order valence-electron chi connectivity index (χ3n) is 8.08. The molecule has 41 heavy (non-hydrogen) atoms. The van der Waals surface area contributed by atoms with E-state index >= 15 is 0 Å². The average Bonchev–Trinajstić information content (AvgIpc) is 3.57. The molecule has 0 saturated carbocycles. The van der Waals surface area contributed by atoms with E-state index in [1.165, 1.54) is 9.80 Å². The Kier molecular flexibility index (Phi) is 7.41. The van der Waals surface area contributed by atoms with E-state index in [1.54, 1.807) is 17.0 Å². The van der Waals surface area contributed by atoms with Gasteiger partial charge in [0.2, 0.25) is 5.91 Å². The third kappa shape index (κ3) is 5.58. The molecule has 3 saturated heterocycles. The van der Waals surface area contributed by atoms with E-state index in [-0.39, 0.29) is 57.0 Å². The summed E-state index contributed by atoms with van der Waals surface area (Å²) in [6, 6.07) is 9.88. The number of carbonyl (C=O) groups excluding carboxylic acids is 3. The number of amides is 3. The van der Waals surface area contributed by atoms with Crippen LogP contribution in [0.1, 0.15) is 47.2 Å². The predicted molar refractivity (Wildman–Crippen MR) is 136 cm³/mol. The Morgan fingerprint density at radius 1 is 0.780 bits per heavy atom. The number of hydrogen-bond acceptors (Lipinski definition) is 4. The lowest BCUT2D eigenvalue weighted by Gasteiger charge is -2.43. The molecule has 0 N–H and O–H groups in total. The van der Waals surface area contributed by atoms with E-state index in [4.69, 9.17) is 0 Å². The number of alkyl halides is 6. The average molecular weight is 583 g/mol. The monoisotopic (exact) mass is 582 g/mol. The first-order valence-corrected chi connectivity index (χ1v) is 13.3. The van der Waals surface area contributed by atoms with E-state index in [0.717, 1.165) is 18.5 Å². The van der Waals surface area contributed by atoms with Gasteiger partial charge in [-0.3, -0.25) is 14.4 Å². The minimum Gasteiger partial charge on any atom is -0.341 e. The highest BCUT2D eigenvalue weighted by Crippen LogP contribution is 2.41. The van der Waals surface area contributed by atoms with Crippen LogP contribution < -0.4 is 4.90 Å². The highest BCUT2D eigenvalue weighted by Gasteiger charge is 2.54. The molecule has 3 amide bonds. The minimum absolute atomic E-state index is 0.0189.